The second-order valence-corrected chi connectivity index (χ2v) is 9.30. The lowest BCUT2D eigenvalue weighted by atomic mass is 10.0. The Morgan fingerprint density at radius 2 is 1.72 bits per heavy atom. The van der Waals surface area contributed by atoms with Crippen molar-refractivity contribution >= 4 is 50.3 Å². The lowest BCUT2D eigenvalue weighted by molar-refractivity contribution is 0.00696. The molecule has 0 aliphatic carbocycles. The summed E-state index contributed by atoms with van der Waals surface area (Å²) in [4.78, 5) is 21.3. The van der Waals surface area contributed by atoms with E-state index in [0.29, 0.717) is 11.4 Å². The highest BCUT2D eigenvalue weighted by Gasteiger charge is 2.18. The molecule has 7 heteroatoms. The van der Waals surface area contributed by atoms with Crippen LogP contribution in [0.2, 0.25) is 0 Å². The molecule has 0 bridgehead atoms. The zero-order chi connectivity index (χ0) is 22.9. The molecule has 0 fully saturated rings. The summed E-state index contributed by atoms with van der Waals surface area (Å²) in [6, 6.07) is 21.0. The lowest BCUT2D eigenvalue weighted by Gasteiger charge is -2.19. The van der Waals surface area contributed by atoms with Crippen LogP contribution in [0.3, 0.4) is 0 Å². The smallest absolute Gasteiger partial charge is 0.338 e. The standard InChI is InChI=1S/C25H23BrN4O2/c1-25(2,3)32-23(31)17-7-4-6-15(12-17)16-10-11-21-20(13-16)22(30-24(27)29-21)28-19-9-5-8-18(26)14-19/h4-14H,1-3H3,(H3,27,28,29,30). The Kier molecular flexibility index (Phi) is 5.84. The number of nitrogen functional groups attached to an aromatic ring is 1. The van der Waals surface area contributed by atoms with Crippen LogP contribution in [0.1, 0.15) is 31.1 Å². The number of esters is 1. The van der Waals surface area contributed by atoms with E-state index in [1.807, 2.05) is 81.4 Å². The summed E-state index contributed by atoms with van der Waals surface area (Å²) in [7, 11) is 0. The maximum Gasteiger partial charge on any atom is 0.338 e. The molecule has 0 radical (unpaired) electrons. The van der Waals surface area contributed by atoms with Gasteiger partial charge in [-0.1, -0.05) is 40.2 Å². The van der Waals surface area contributed by atoms with Crippen molar-refractivity contribution < 1.29 is 9.53 Å². The Hall–Kier alpha value is -3.45. The number of benzene rings is 3. The van der Waals surface area contributed by atoms with Gasteiger partial charge in [-0.2, -0.15) is 4.98 Å². The molecule has 0 saturated heterocycles. The molecular formula is C25H23BrN4O2. The van der Waals surface area contributed by atoms with E-state index in [0.717, 1.165) is 32.2 Å². The highest BCUT2D eigenvalue weighted by atomic mass is 79.9. The quantitative estimate of drug-likeness (QED) is 0.324. The van der Waals surface area contributed by atoms with Gasteiger partial charge in [-0.3, -0.25) is 0 Å². The van der Waals surface area contributed by atoms with Crippen LogP contribution >= 0.6 is 15.9 Å². The molecule has 1 aromatic heterocycles. The van der Waals surface area contributed by atoms with E-state index in [1.165, 1.54) is 0 Å². The van der Waals surface area contributed by atoms with Crippen LogP contribution in [-0.4, -0.2) is 21.5 Å². The topological polar surface area (TPSA) is 90.1 Å². The summed E-state index contributed by atoms with van der Waals surface area (Å²) in [6.07, 6.45) is 0. The van der Waals surface area contributed by atoms with E-state index in [2.05, 4.69) is 31.2 Å². The molecule has 0 aliphatic rings. The maximum absolute atomic E-state index is 12.5. The Morgan fingerprint density at radius 1 is 0.969 bits per heavy atom. The van der Waals surface area contributed by atoms with Crippen molar-refractivity contribution in [2.75, 3.05) is 11.1 Å². The number of rotatable bonds is 4. The van der Waals surface area contributed by atoms with Crippen molar-refractivity contribution in [3.63, 3.8) is 0 Å². The normalized spacial score (nSPS) is 11.4. The number of carbonyl (C=O) groups is 1. The number of nitrogens with two attached hydrogens (primary N) is 1. The molecule has 1 heterocycles. The number of nitrogens with zero attached hydrogens (tertiary/aromatic N) is 2. The number of carbonyl (C=O) groups excluding carboxylic acids is 1. The third-order valence-corrected chi connectivity index (χ3v) is 5.12. The van der Waals surface area contributed by atoms with E-state index < -0.39 is 5.60 Å². The number of hydrogen-bond donors (Lipinski definition) is 2. The summed E-state index contributed by atoms with van der Waals surface area (Å²) in [5.74, 6) is 0.443. The van der Waals surface area contributed by atoms with Crippen molar-refractivity contribution in [3.8, 4) is 11.1 Å². The SMILES string of the molecule is CC(C)(C)OC(=O)c1cccc(-c2ccc3nc(N)nc(Nc4cccc(Br)c4)c3c2)c1. The highest BCUT2D eigenvalue weighted by molar-refractivity contribution is 9.10. The predicted molar refractivity (Wildman–Crippen MR) is 132 cm³/mol. The first-order valence-electron chi connectivity index (χ1n) is 10.1. The molecule has 6 nitrogen and oxygen atoms in total. The van der Waals surface area contributed by atoms with Gasteiger partial charge in [0, 0.05) is 15.5 Å². The van der Waals surface area contributed by atoms with Crippen LogP contribution < -0.4 is 11.1 Å². The summed E-state index contributed by atoms with van der Waals surface area (Å²) in [6.45, 7) is 5.55. The maximum atomic E-state index is 12.5. The molecule has 4 aromatic rings. The molecule has 0 atom stereocenters. The van der Waals surface area contributed by atoms with Crippen molar-refractivity contribution in [2.24, 2.45) is 0 Å². The van der Waals surface area contributed by atoms with Crippen LogP contribution in [0.5, 0.6) is 0 Å². The van der Waals surface area contributed by atoms with Crippen molar-refractivity contribution in [3.05, 3.63) is 76.8 Å². The van der Waals surface area contributed by atoms with Crippen molar-refractivity contribution in [1.82, 2.24) is 9.97 Å². The minimum atomic E-state index is -0.555. The summed E-state index contributed by atoms with van der Waals surface area (Å²) >= 11 is 3.48. The van der Waals surface area contributed by atoms with E-state index in [9.17, 15) is 4.79 Å². The van der Waals surface area contributed by atoms with Gasteiger partial charge in [-0.15, -0.1) is 0 Å². The largest absolute Gasteiger partial charge is 0.456 e. The number of anilines is 3. The first kappa shape index (κ1) is 21.8. The number of halogens is 1. The average molecular weight is 491 g/mol. The van der Waals surface area contributed by atoms with Gasteiger partial charge in [0.15, 0.2) is 0 Å². The number of aromatic nitrogens is 2. The lowest BCUT2D eigenvalue weighted by Crippen LogP contribution is -2.23. The second kappa shape index (κ2) is 8.59. The van der Waals surface area contributed by atoms with E-state index in [4.69, 9.17) is 10.5 Å². The van der Waals surface area contributed by atoms with Gasteiger partial charge in [0.2, 0.25) is 5.95 Å². The summed E-state index contributed by atoms with van der Waals surface area (Å²) < 4.78 is 6.46. The van der Waals surface area contributed by atoms with Crippen molar-refractivity contribution in [1.29, 1.82) is 0 Å². The fourth-order valence-electron chi connectivity index (χ4n) is 3.29. The first-order valence-corrected chi connectivity index (χ1v) is 10.9. The molecule has 32 heavy (non-hydrogen) atoms. The monoisotopic (exact) mass is 490 g/mol. The molecule has 0 aliphatic heterocycles. The Bertz CT molecular complexity index is 1320. The molecule has 3 aromatic carbocycles. The zero-order valence-corrected chi connectivity index (χ0v) is 19.6. The number of ether oxygens (including phenoxy) is 1. The molecule has 0 unspecified atom stereocenters. The van der Waals surface area contributed by atoms with Gasteiger partial charge in [0.1, 0.15) is 11.4 Å². The van der Waals surface area contributed by atoms with Crippen LogP contribution in [0.4, 0.5) is 17.5 Å². The van der Waals surface area contributed by atoms with Gasteiger partial charge in [-0.25, -0.2) is 9.78 Å². The third-order valence-electron chi connectivity index (χ3n) is 4.63. The zero-order valence-electron chi connectivity index (χ0n) is 18.0. The summed E-state index contributed by atoms with van der Waals surface area (Å²) in [5.41, 5.74) is 9.29. The second-order valence-electron chi connectivity index (χ2n) is 8.38. The average Bonchev–Trinajstić information content (AvgIpc) is 2.72. The Balaban J connectivity index is 1.74. The van der Waals surface area contributed by atoms with Gasteiger partial charge in [0.05, 0.1) is 11.1 Å². The Morgan fingerprint density at radius 3 is 2.47 bits per heavy atom. The van der Waals surface area contributed by atoms with E-state index >= 15 is 0 Å². The van der Waals surface area contributed by atoms with Gasteiger partial charge in [-0.05, 0) is 74.4 Å². The van der Waals surface area contributed by atoms with Crippen LogP contribution in [0.15, 0.2) is 71.2 Å². The van der Waals surface area contributed by atoms with E-state index in [-0.39, 0.29) is 11.9 Å². The fraction of sp³-hybridized carbons (Fsp3) is 0.160. The third kappa shape index (κ3) is 5.06. The van der Waals surface area contributed by atoms with Gasteiger partial charge in [0.25, 0.3) is 0 Å². The number of nitrogens with one attached hydrogen (secondary N) is 1. The first-order chi connectivity index (χ1) is 15.2. The van der Waals surface area contributed by atoms with Crippen LogP contribution in [-0.2, 0) is 4.74 Å². The molecule has 0 spiro atoms. The number of fused-ring (bicyclic) bond motifs is 1. The van der Waals surface area contributed by atoms with Crippen LogP contribution in [0, 0.1) is 0 Å². The predicted octanol–water partition coefficient (Wildman–Crippen LogP) is 6.34. The fourth-order valence-corrected chi connectivity index (χ4v) is 3.69. The minimum Gasteiger partial charge on any atom is -0.456 e. The van der Waals surface area contributed by atoms with E-state index in [1.54, 1.807) is 6.07 Å². The van der Waals surface area contributed by atoms with Crippen molar-refractivity contribution in [2.45, 2.75) is 26.4 Å². The van der Waals surface area contributed by atoms with Gasteiger partial charge >= 0.3 is 5.97 Å². The molecular weight excluding hydrogens is 468 g/mol. The Labute approximate surface area is 195 Å². The minimum absolute atomic E-state index is 0.190. The molecule has 0 saturated carbocycles. The molecule has 0 amide bonds. The number of hydrogen-bond acceptors (Lipinski definition) is 6. The summed E-state index contributed by atoms with van der Waals surface area (Å²) in [5, 5.41) is 4.15. The van der Waals surface area contributed by atoms with Crippen LogP contribution in [0.25, 0.3) is 22.0 Å². The highest BCUT2D eigenvalue weighted by Crippen LogP contribution is 2.31. The molecule has 162 valence electrons. The molecule has 3 N–H and O–H groups in total. The van der Waals surface area contributed by atoms with Gasteiger partial charge < -0.3 is 15.8 Å². The molecule has 4 rings (SSSR count).